The Kier molecular flexibility index (Phi) is 5.03. The fraction of sp³-hybridized carbons (Fsp3) is 0.333. The van der Waals surface area contributed by atoms with E-state index >= 15 is 0 Å². The molecule has 1 rings (SSSR count). The summed E-state index contributed by atoms with van der Waals surface area (Å²) in [7, 11) is 0. The van der Waals surface area contributed by atoms with Crippen molar-refractivity contribution in [2.24, 2.45) is 0 Å². The zero-order chi connectivity index (χ0) is 11.8. The van der Waals surface area contributed by atoms with E-state index in [1.54, 1.807) is 12.1 Å². The summed E-state index contributed by atoms with van der Waals surface area (Å²) >= 11 is 0. The number of anilines is 1. The lowest BCUT2D eigenvalue weighted by molar-refractivity contribution is 0.112. The number of nitrogens with zero attached hydrogens (tertiary/aromatic N) is 2. The van der Waals surface area contributed by atoms with E-state index in [1.807, 2.05) is 17.0 Å². The molecular formula is C12H14N2O2. The first-order chi connectivity index (χ1) is 7.81. The van der Waals surface area contributed by atoms with Crippen LogP contribution in [0, 0.1) is 11.3 Å². The molecule has 0 aromatic heterocycles. The lowest BCUT2D eigenvalue weighted by atomic mass is 10.2. The Balaban J connectivity index is 2.75. The monoisotopic (exact) mass is 218 g/mol. The summed E-state index contributed by atoms with van der Waals surface area (Å²) < 4.78 is 0. The first-order valence-electron chi connectivity index (χ1n) is 5.10. The minimum atomic E-state index is 0.0425. The van der Waals surface area contributed by atoms with E-state index in [0.717, 1.165) is 12.0 Å². The summed E-state index contributed by atoms with van der Waals surface area (Å²) in [5.74, 6) is 0. The van der Waals surface area contributed by atoms with E-state index in [1.165, 1.54) is 0 Å². The molecule has 0 aliphatic heterocycles. The first kappa shape index (κ1) is 12.2. The number of aliphatic hydroxyl groups excluding tert-OH is 1. The summed E-state index contributed by atoms with van der Waals surface area (Å²) in [5.41, 5.74) is 1.53. The molecule has 0 atom stereocenters. The maximum absolute atomic E-state index is 10.5. The molecule has 0 fully saturated rings. The van der Waals surface area contributed by atoms with Crippen LogP contribution in [0.1, 0.15) is 16.8 Å². The molecule has 0 heterocycles. The fourth-order valence-corrected chi connectivity index (χ4v) is 1.44. The lowest BCUT2D eigenvalue weighted by Crippen LogP contribution is -2.27. The summed E-state index contributed by atoms with van der Waals surface area (Å²) in [6.07, 6.45) is 1.20. The van der Waals surface area contributed by atoms with Crippen molar-refractivity contribution in [3.05, 3.63) is 29.8 Å². The van der Waals surface area contributed by atoms with Crippen LogP contribution in [0.25, 0.3) is 0 Å². The van der Waals surface area contributed by atoms with E-state index in [-0.39, 0.29) is 6.61 Å². The van der Waals surface area contributed by atoms with Crippen LogP contribution in [0.2, 0.25) is 0 Å². The van der Waals surface area contributed by atoms with Crippen molar-refractivity contribution in [1.29, 1.82) is 5.26 Å². The van der Waals surface area contributed by atoms with Crippen LogP contribution in [-0.4, -0.2) is 31.1 Å². The Hall–Kier alpha value is -1.86. The third-order valence-corrected chi connectivity index (χ3v) is 2.26. The van der Waals surface area contributed by atoms with Gasteiger partial charge < -0.3 is 10.0 Å². The second-order valence-electron chi connectivity index (χ2n) is 3.33. The molecule has 4 nitrogen and oxygen atoms in total. The first-order valence-corrected chi connectivity index (χ1v) is 5.10. The predicted octanol–water partition coefficient (Wildman–Crippen LogP) is 1.21. The number of hydrogen-bond donors (Lipinski definition) is 1. The number of carbonyl (C=O) groups is 1. The van der Waals surface area contributed by atoms with E-state index < -0.39 is 0 Å². The Morgan fingerprint density at radius 1 is 1.31 bits per heavy atom. The zero-order valence-electron chi connectivity index (χ0n) is 8.97. The highest BCUT2D eigenvalue weighted by Gasteiger charge is 2.05. The lowest BCUT2D eigenvalue weighted by Gasteiger charge is -2.22. The number of nitriles is 1. The van der Waals surface area contributed by atoms with Crippen molar-refractivity contribution >= 4 is 12.0 Å². The SMILES string of the molecule is N#CCCN(CCO)c1ccc(C=O)cc1. The van der Waals surface area contributed by atoms with E-state index in [0.29, 0.717) is 25.1 Å². The van der Waals surface area contributed by atoms with Crippen LogP contribution in [0.3, 0.4) is 0 Å². The van der Waals surface area contributed by atoms with Crippen LogP contribution in [0.4, 0.5) is 5.69 Å². The average Bonchev–Trinajstić information content (AvgIpc) is 2.35. The summed E-state index contributed by atoms with van der Waals surface area (Å²) in [6.45, 7) is 1.11. The van der Waals surface area contributed by atoms with Gasteiger partial charge in [0, 0.05) is 24.3 Å². The molecule has 0 aliphatic rings. The van der Waals surface area contributed by atoms with Gasteiger partial charge in [-0.25, -0.2) is 0 Å². The van der Waals surface area contributed by atoms with Gasteiger partial charge in [-0.05, 0) is 24.3 Å². The summed E-state index contributed by atoms with van der Waals surface area (Å²) in [5, 5.41) is 17.4. The second kappa shape index (κ2) is 6.59. The van der Waals surface area contributed by atoms with E-state index in [2.05, 4.69) is 6.07 Å². The molecule has 0 radical (unpaired) electrons. The van der Waals surface area contributed by atoms with Gasteiger partial charge in [-0.15, -0.1) is 0 Å². The molecule has 1 aromatic carbocycles. The van der Waals surface area contributed by atoms with E-state index in [4.69, 9.17) is 10.4 Å². The van der Waals surface area contributed by atoms with Crippen LogP contribution >= 0.6 is 0 Å². The topological polar surface area (TPSA) is 64.3 Å². The zero-order valence-corrected chi connectivity index (χ0v) is 8.97. The maximum Gasteiger partial charge on any atom is 0.150 e. The van der Waals surface area contributed by atoms with Crippen molar-refractivity contribution in [3.63, 3.8) is 0 Å². The molecule has 0 saturated carbocycles. The van der Waals surface area contributed by atoms with Gasteiger partial charge >= 0.3 is 0 Å². The Morgan fingerprint density at radius 2 is 2.00 bits per heavy atom. The smallest absolute Gasteiger partial charge is 0.150 e. The number of benzene rings is 1. The van der Waals surface area contributed by atoms with Gasteiger partial charge in [0.05, 0.1) is 19.1 Å². The number of rotatable bonds is 6. The molecule has 0 aliphatic carbocycles. The normalized spacial score (nSPS) is 9.50. The standard InChI is InChI=1S/C12H14N2O2/c13-6-1-7-14(8-9-15)12-4-2-11(10-16)3-5-12/h2-5,10,15H,1,7-9H2. The average molecular weight is 218 g/mol. The molecule has 0 spiro atoms. The van der Waals surface area contributed by atoms with Crippen molar-refractivity contribution in [1.82, 2.24) is 0 Å². The van der Waals surface area contributed by atoms with Gasteiger partial charge in [0.15, 0.2) is 0 Å². The van der Waals surface area contributed by atoms with Gasteiger partial charge in [0.2, 0.25) is 0 Å². The molecule has 84 valence electrons. The molecule has 0 amide bonds. The van der Waals surface area contributed by atoms with Crippen molar-refractivity contribution < 1.29 is 9.90 Å². The van der Waals surface area contributed by atoms with Crippen molar-refractivity contribution in [2.45, 2.75) is 6.42 Å². The minimum Gasteiger partial charge on any atom is -0.395 e. The van der Waals surface area contributed by atoms with Crippen LogP contribution < -0.4 is 4.90 Å². The van der Waals surface area contributed by atoms with Crippen molar-refractivity contribution in [3.8, 4) is 6.07 Å². The number of carbonyl (C=O) groups excluding carboxylic acids is 1. The second-order valence-corrected chi connectivity index (χ2v) is 3.33. The van der Waals surface area contributed by atoms with Crippen LogP contribution in [-0.2, 0) is 0 Å². The quantitative estimate of drug-likeness (QED) is 0.729. The molecule has 16 heavy (non-hydrogen) atoms. The molecule has 0 saturated heterocycles. The van der Waals surface area contributed by atoms with Crippen LogP contribution in [0.5, 0.6) is 0 Å². The van der Waals surface area contributed by atoms with Crippen LogP contribution in [0.15, 0.2) is 24.3 Å². The fourth-order valence-electron chi connectivity index (χ4n) is 1.44. The highest BCUT2D eigenvalue weighted by molar-refractivity contribution is 5.75. The number of aldehydes is 1. The molecular weight excluding hydrogens is 204 g/mol. The molecule has 0 unspecified atom stereocenters. The molecule has 0 bridgehead atoms. The maximum atomic E-state index is 10.5. The number of aliphatic hydroxyl groups is 1. The Morgan fingerprint density at radius 3 is 2.50 bits per heavy atom. The minimum absolute atomic E-state index is 0.0425. The van der Waals surface area contributed by atoms with Gasteiger partial charge in [-0.1, -0.05) is 0 Å². The number of hydrogen-bond acceptors (Lipinski definition) is 4. The van der Waals surface area contributed by atoms with Gasteiger partial charge in [-0.2, -0.15) is 5.26 Å². The Labute approximate surface area is 94.7 Å². The predicted molar refractivity (Wildman–Crippen MR) is 61.4 cm³/mol. The largest absolute Gasteiger partial charge is 0.395 e. The highest BCUT2D eigenvalue weighted by Crippen LogP contribution is 2.14. The summed E-state index contributed by atoms with van der Waals surface area (Å²) in [6, 6.07) is 9.14. The van der Waals surface area contributed by atoms with Crippen molar-refractivity contribution in [2.75, 3.05) is 24.6 Å². The summed E-state index contributed by atoms with van der Waals surface area (Å²) in [4.78, 5) is 12.4. The third kappa shape index (κ3) is 3.37. The van der Waals surface area contributed by atoms with Gasteiger partial charge in [0.1, 0.15) is 6.29 Å². The molecule has 1 N–H and O–H groups in total. The van der Waals surface area contributed by atoms with Gasteiger partial charge in [-0.3, -0.25) is 4.79 Å². The molecule has 4 heteroatoms. The highest BCUT2D eigenvalue weighted by atomic mass is 16.3. The third-order valence-electron chi connectivity index (χ3n) is 2.26. The molecule has 1 aromatic rings. The Bertz CT molecular complexity index is 368. The van der Waals surface area contributed by atoms with E-state index in [9.17, 15) is 4.79 Å². The van der Waals surface area contributed by atoms with Gasteiger partial charge in [0.25, 0.3) is 0 Å².